The molecule has 1 N–H and O–H groups in total. The Hall–Kier alpha value is -1.55. The van der Waals surface area contributed by atoms with Gasteiger partial charge < -0.3 is 15.1 Å². The van der Waals surface area contributed by atoms with E-state index in [2.05, 4.69) is 51.3 Å². The first-order valence-electron chi connectivity index (χ1n) is 9.01. The van der Waals surface area contributed by atoms with Gasteiger partial charge in [-0.2, -0.15) is 0 Å². The summed E-state index contributed by atoms with van der Waals surface area (Å²) in [6.07, 6.45) is 3.85. The van der Waals surface area contributed by atoms with Crippen molar-refractivity contribution in [1.82, 2.24) is 15.1 Å². The van der Waals surface area contributed by atoms with Crippen LogP contribution in [0.3, 0.4) is 0 Å². The summed E-state index contributed by atoms with van der Waals surface area (Å²) in [4.78, 5) is 9.48. The van der Waals surface area contributed by atoms with Crippen LogP contribution in [-0.4, -0.2) is 55.5 Å². The first kappa shape index (κ1) is 16.3. The number of benzene rings is 1. The zero-order chi connectivity index (χ0) is 16.1. The van der Waals surface area contributed by atoms with Crippen molar-refractivity contribution >= 4 is 5.96 Å². The molecular formula is C19H30N4. The second-order valence-corrected chi connectivity index (χ2v) is 6.98. The summed E-state index contributed by atoms with van der Waals surface area (Å²) >= 11 is 0. The van der Waals surface area contributed by atoms with Crippen molar-refractivity contribution in [2.45, 2.75) is 32.7 Å². The van der Waals surface area contributed by atoms with E-state index in [0.29, 0.717) is 5.92 Å². The number of rotatable bonds is 4. The fourth-order valence-electron chi connectivity index (χ4n) is 3.74. The van der Waals surface area contributed by atoms with Gasteiger partial charge in [0.15, 0.2) is 5.96 Å². The van der Waals surface area contributed by atoms with E-state index >= 15 is 0 Å². The minimum atomic E-state index is 0.655. The normalized spacial score (nSPS) is 20.4. The quantitative estimate of drug-likeness (QED) is 0.684. The third-order valence-corrected chi connectivity index (χ3v) is 5.02. The maximum Gasteiger partial charge on any atom is 0.193 e. The highest BCUT2D eigenvalue weighted by atomic mass is 15.3. The monoisotopic (exact) mass is 314 g/mol. The first-order chi connectivity index (χ1) is 11.3. The molecule has 4 heteroatoms. The molecule has 1 aromatic carbocycles. The van der Waals surface area contributed by atoms with Crippen molar-refractivity contribution in [2.75, 3.05) is 39.8 Å². The molecule has 0 saturated carbocycles. The Morgan fingerprint density at radius 1 is 1.17 bits per heavy atom. The van der Waals surface area contributed by atoms with E-state index in [9.17, 15) is 0 Å². The van der Waals surface area contributed by atoms with Crippen LogP contribution < -0.4 is 5.32 Å². The maximum absolute atomic E-state index is 4.51. The zero-order valence-corrected chi connectivity index (χ0v) is 14.6. The Balaban J connectivity index is 1.50. The molecule has 1 saturated heterocycles. The van der Waals surface area contributed by atoms with Crippen LogP contribution in [0.5, 0.6) is 0 Å². The lowest BCUT2D eigenvalue weighted by atomic mass is 10.0. The molecule has 2 heterocycles. The molecule has 1 unspecified atom stereocenters. The van der Waals surface area contributed by atoms with Gasteiger partial charge >= 0.3 is 0 Å². The summed E-state index contributed by atoms with van der Waals surface area (Å²) in [5.41, 5.74) is 2.92. The van der Waals surface area contributed by atoms with Gasteiger partial charge in [0.05, 0.1) is 0 Å². The molecule has 1 aromatic rings. The average molecular weight is 314 g/mol. The van der Waals surface area contributed by atoms with Crippen molar-refractivity contribution in [1.29, 1.82) is 0 Å². The average Bonchev–Trinajstić information content (AvgIpc) is 3.08. The number of nitrogens with one attached hydrogen (secondary N) is 1. The zero-order valence-electron chi connectivity index (χ0n) is 14.6. The van der Waals surface area contributed by atoms with Gasteiger partial charge in [-0.25, -0.2) is 0 Å². The van der Waals surface area contributed by atoms with Crippen LogP contribution in [0, 0.1) is 5.92 Å². The molecule has 0 radical (unpaired) electrons. The van der Waals surface area contributed by atoms with Gasteiger partial charge in [0.25, 0.3) is 0 Å². The summed E-state index contributed by atoms with van der Waals surface area (Å²) in [7, 11) is 1.90. The van der Waals surface area contributed by atoms with Gasteiger partial charge in [0.1, 0.15) is 0 Å². The van der Waals surface area contributed by atoms with Crippen molar-refractivity contribution < 1.29 is 0 Å². The molecule has 0 spiro atoms. The number of aliphatic imine (C=N–C) groups is 1. The molecule has 0 amide bonds. The van der Waals surface area contributed by atoms with Crippen molar-refractivity contribution in [2.24, 2.45) is 10.9 Å². The number of nitrogens with zero attached hydrogens (tertiary/aromatic N) is 3. The van der Waals surface area contributed by atoms with Gasteiger partial charge in [-0.05, 0) is 49.4 Å². The molecule has 0 bridgehead atoms. The Morgan fingerprint density at radius 2 is 1.91 bits per heavy atom. The molecule has 23 heavy (non-hydrogen) atoms. The highest BCUT2D eigenvalue weighted by Gasteiger charge is 2.20. The van der Waals surface area contributed by atoms with Crippen LogP contribution in [0.15, 0.2) is 29.3 Å². The van der Waals surface area contributed by atoms with Crippen molar-refractivity contribution in [3.63, 3.8) is 0 Å². The minimum absolute atomic E-state index is 0.655. The molecule has 1 atom stereocenters. The number of fused-ring (bicyclic) bond motifs is 1. The number of hydrogen-bond acceptors (Lipinski definition) is 2. The van der Waals surface area contributed by atoms with Gasteiger partial charge in [-0.1, -0.05) is 31.2 Å². The predicted molar refractivity (Wildman–Crippen MR) is 96.8 cm³/mol. The molecular weight excluding hydrogens is 284 g/mol. The van der Waals surface area contributed by atoms with E-state index in [1.54, 1.807) is 0 Å². The SMILES string of the molecule is CN=C(NCC(C)CN1CCCC1)N1CCc2ccccc2C1. The topological polar surface area (TPSA) is 30.9 Å². The van der Waals surface area contributed by atoms with E-state index in [1.165, 1.54) is 43.6 Å². The third-order valence-electron chi connectivity index (χ3n) is 5.02. The molecule has 4 nitrogen and oxygen atoms in total. The van der Waals surface area contributed by atoms with E-state index in [0.717, 1.165) is 32.0 Å². The van der Waals surface area contributed by atoms with Crippen molar-refractivity contribution in [3.05, 3.63) is 35.4 Å². The molecule has 0 aromatic heterocycles. The Bertz CT molecular complexity index is 534. The standard InChI is InChI=1S/C19H30N4/c1-16(14-22-10-5-6-11-22)13-21-19(20-2)23-12-9-17-7-3-4-8-18(17)15-23/h3-4,7-8,16H,5-6,9-15H2,1-2H3,(H,20,21). The maximum atomic E-state index is 4.51. The smallest absolute Gasteiger partial charge is 0.193 e. The summed E-state index contributed by atoms with van der Waals surface area (Å²) in [6.45, 7) is 9.12. The second kappa shape index (κ2) is 7.82. The van der Waals surface area contributed by atoms with E-state index in [4.69, 9.17) is 0 Å². The van der Waals surface area contributed by atoms with Crippen molar-refractivity contribution in [3.8, 4) is 0 Å². The summed E-state index contributed by atoms with van der Waals surface area (Å²) < 4.78 is 0. The first-order valence-corrected chi connectivity index (χ1v) is 9.01. The lowest BCUT2D eigenvalue weighted by Crippen LogP contribution is -2.46. The van der Waals surface area contributed by atoms with E-state index in [-0.39, 0.29) is 0 Å². The molecule has 0 aliphatic carbocycles. The fraction of sp³-hybridized carbons (Fsp3) is 0.632. The van der Waals surface area contributed by atoms with E-state index in [1.807, 2.05) is 7.05 Å². The second-order valence-electron chi connectivity index (χ2n) is 6.98. The van der Waals surface area contributed by atoms with Gasteiger partial charge in [0, 0.05) is 33.2 Å². The summed E-state index contributed by atoms with van der Waals surface area (Å²) in [6, 6.07) is 8.77. The van der Waals surface area contributed by atoms with Gasteiger partial charge in [-0.3, -0.25) is 4.99 Å². The van der Waals surface area contributed by atoms with Crippen LogP contribution in [0.25, 0.3) is 0 Å². The predicted octanol–water partition coefficient (Wildman–Crippen LogP) is 2.35. The van der Waals surface area contributed by atoms with Crippen LogP contribution in [0.4, 0.5) is 0 Å². The van der Waals surface area contributed by atoms with Crippen LogP contribution in [0.2, 0.25) is 0 Å². The van der Waals surface area contributed by atoms with Crippen LogP contribution in [-0.2, 0) is 13.0 Å². The fourth-order valence-corrected chi connectivity index (χ4v) is 3.74. The van der Waals surface area contributed by atoms with E-state index < -0.39 is 0 Å². The molecule has 2 aliphatic rings. The Morgan fingerprint density at radius 3 is 2.65 bits per heavy atom. The number of guanidine groups is 1. The number of likely N-dealkylation sites (tertiary alicyclic amines) is 1. The largest absolute Gasteiger partial charge is 0.356 e. The Labute approximate surface area is 140 Å². The molecule has 2 aliphatic heterocycles. The summed E-state index contributed by atoms with van der Waals surface area (Å²) in [5, 5.41) is 3.59. The lowest BCUT2D eigenvalue weighted by Gasteiger charge is -2.32. The molecule has 1 fully saturated rings. The highest BCUT2D eigenvalue weighted by molar-refractivity contribution is 5.80. The van der Waals surface area contributed by atoms with Crippen LogP contribution in [0.1, 0.15) is 30.9 Å². The van der Waals surface area contributed by atoms with Gasteiger partial charge in [-0.15, -0.1) is 0 Å². The van der Waals surface area contributed by atoms with Gasteiger partial charge in [0.2, 0.25) is 0 Å². The van der Waals surface area contributed by atoms with Crippen LogP contribution >= 0.6 is 0 Å². The molecule has 126 valence electrons. The lowest BCUT2D eigenvalue weighted by molar-refractivity contribution is 0.285. The Kier molecular flexibility index (Phi) is 5.55. The highest BCUT2D eigenvalue weighted by Crippen LogP contribution is 2.18. The third kappa shape index (κ3) is 4.25. The molecule has 3 rings (SSSR count). The number of hydrogen-bond donors (Lipinski definition) is 1. The minimum Gasteiger partial charge on any atom is -0.356 e. The summed E-state index contributed by atoms with van der Waals surface area (Å²) in [5.74, 6) is 1.70.